The Labute approximate surface area is 166 Å². The van der Waals surface area contributed by atoms with E-state index < -0.39 is 17.5 Å². The van der Waals surface area contributed by atoms with Gasteiger partial charge < -0.3 is 16.0 Å². The molecule has 0 aliphatic heterocycles. The maximum Gasteiger partial charge on any atom is 0.251 e. The zero-order valence-corrected chi connectivity index (χ0v) is 16.5. The van der Waals surface area contributed by atoms with E-state index in [1.54, 1.807) is 7.05 Å². The van der Waals surface area contributed by atoms with Crippen LogP contribution in [0.15, 0.2) is 18.2 Å². The van der Waals surface area contributed by atoms with Crippen LogP contribution in [0.1, 0.15) is 45.6 Å². The SMILES string of the molecule is CN(CCC(=O)Nc1sc2c(c1C(N)=O)CCCC2)Cc1ccc(F)c(F)c1. The van der Waals surface area contributed by atoms with E-state index in [0.29, 0.717) is 29.2 Å². The van der Waals surface area contributed by atoms with Crippen LogP contribution < -0.4 is 11.1 Å². The molecule has 1 heterocycles. The highest BCUT2D eigenvalue weighted by Gasteiger charge is 2.24. The number of nitrogens with zero attached hydrogens (tertiary/aromatic N) is 1. The minimum atomic E-state index is -0.885. The van der Waals surface area contributed by atoms with Crippen molar-refractivity contribution in [3.05, 3.63) is 51.4 Å². The van der Waals surface area contributed by atoms with Gasteiger partial charge in [0.05, 0.1) is 5.56 Å². The largest absolute Gasteiger partial charge is 0.365 e. The monoisotopic (exact) mass is 407 g/mol. The van der Waals surface area contributed by atoms with Gasteiger partial charge in [-0.2, -0.15) is 0 Å². The van der Waals surface area contributed by atoms with Crippen LogP contribution in [-0.2, 0) is 24.2 Å². The molecule has 5 nitrogen and oxygen atoms in total. The van der Waals surface area contributed by atoms with Crippen LogP contribution in [0.5, 0.6) is 0 Å². The number of hydrogen-bond acceptors (Lipinski definition) is 4. The van der Waals surface area contributed by atoms with Gasteiger partial charge in [0.1, 0.15) is 5.00 Å². The number of hydrogen-bond donors (Lipinski definition) is 2. The number of benzene rings is 1. The van der Waals surface area contributed by atoms with Gasteiger partial charge in [-0.1, -0.05) is 6.07 Å². The first-order valence-electron chi connectivity index (χ1n) is 9.22. The molecule has 1 aromatic heterocycles. The van der Waals surface area contributed by atoms with Crippen LogP contribution in [-0.4, -0.2) is 30.3 Å². The lowest BCUT2D eigenvalue weighted by Gasteiger charge is -2.16. The van der Waals surface area contributed by atoms with Gasteiger partial charge in [-0.15, -0.1) is 11.3 Å². The Morgan fingerprint density at radius 1 is 1.21 bits per heavy atom. The van der Waals surface area contributed by atoms with Crippen molar-refractivity contribution >= 4 is 28.2 Å². The lowest BCUT2D eigenvalue weighted by atomic mass is 9.95. The molecule has 1 aliphatic carbocycles. The van der Waals surface area contributed by atoms with Gasteiger partial charge in [0.15, 0.2) is 11.6 Å². The van der Waals surface area contributed by atoms with Crippen LogP contribution in [0.25, 0.3) is 0 Å². The standard InChI is InChI=1S/C20H23F2N3O2S/c1-25(11-12-6-7-14(21)15(22)10-12)9-8-17(26)24-20-18(19(23)27)13-4-2-3-5-16(13)28-20/h6-7,10H,2-5,8-9,11H2,1H3,(H2,23,27)(H,24,26). The summed E-state index contributed by atoms with van der Waals surface area (Å²) in [6.45, 7) is 0.826. The highest BCUT2D eigenvalue weighted by Crippen LogP contribution is 2.37. The summed E-state index contributed by atoms with van der Waals surface area (Å²) in [7, 11) is 1.80. The van der Waals surface area contributed by atoms with Crippen molar-refractivity contribution in [3.63, 3.8) is 0 Å². The fourth-order valence-corrected chi connectivity index (χ4v) is 4.74. The van der Waals surface area contributed by atoms with Crippen molar-refractivity contribution in [3.8, 4) is 0 Å². The van der Waals surface area contributed by atoms with Crippen molar-refractivity contribution in [2.45, 2.75) is 38.6 Å². The molecule has 3 N–H and O–H groups in total. The summed E-state index contributed by atoms with van der Waals surface area (Å²) in [6.07, 6.45) is 4.03. The predicted molar refractivity (Wildman–Crippen MR) is 105 cm³/mol. The Morgan fingerprint density at radius 3 is 2.68 bits per heavy atom. The zero-order chi connectivity index (χ0) is 20.3. The number of halogens is 2. The van der Waals surface area contributed by atoms with Crippen LogP contribution in [0.4, 0.5) is 13.8 Å². The van der Waals surface area contributed by atoms with E-state index >= 15 is 0 Å². The smallest absolute Gasteiger partial charge is 0.251 e. The van der Waals surface area contributed by atoms with Gasteiger partial charge in [0.2, 0.25) is 5.91 Å². The molecule has 28 heavy (non-hydrogen) atoms. The molecule has 0 spiro atoms. The van der Waals surface area contributed by atoms with Crippen molar-refractivity contribution in [2.75, 3.05) is 18.9 Å². The number of thiophene rings is 1. The third-order valence-electron chi connectivity index (χ3n) is 4.83. The molecular weight excluding hydrogens is 384 g/mol. The number of fused-ring (bicyclic) bond motifs is 1. The number of carbonyl (C=O) groups excluding carboxylic acids is 2. The summed E-state index contributed by atoms with van der Waals surface area (Å²) in [5, 5.41) is 3.36. The number of nitrogens with two attached hydrogens (primary N) is 1. The molecule has 0 bridgehead atoms. The first-order chi connectivity index (χ1) is 13.3. The minimum Gasteiger partial charge on any atom is -0.365 e. The first kappa shape index (κ1) is 20.4. The second-order valence-corrected chi connectivity index (χ2v) is 8.17. The summed E-state index contributed by atoms with van der Waals surface area (Å²) in [6, 6.07) is 3.76. The van der Waals surface area contributed by atoms with Gasteiger partial charge in [0.25, 0.3) is 5.91 Å². The second kappa shape index (κ2) is 8.79. The Hall–Kier alpha value is -2.32. The van der Waals surface area contributed by atoms with E-state index in [4.69, 9.17) is 5.73 Å². The average molecular weight is 407 g/mol. The van der Waals surface area contributed by atoms with Crippen LogP contribution in [0, 0.1) is 11.6 Å². The number of amides is 2. The van der Waals surface area contributed by atoms with Crippen LogP contribution in [0.2, 0.25) is 0 Å². The van der Waals surface area contributed by atoms with Crippen LogP contribution >= 0.6 is 11.3 Å². The summed E-state index contributed by atoms with van der Waals surface area (Å²) >= 11 is 1.43. The van der Waals surface area contributed by atoms with Crippen molar-refractivity contribution in [1.29, 1.82) is 0 Å². The number of carbonyl (C=O) groups is 2. The van der Waals surface area contributed by atoms with Crippen molar-refractivity contribution < 1.29 is 18.4 Å². The predicted octanol–water partition coefficient (Wildman–Crippen LogP) is 3.46. The molecule has 0 unspecified atom stereocenters. The summed E-state index contributed by atoms with van der Waals surface area (Å²) in [5.74, 6) is -2.48. The lowest BCUT2D eigenvalue weighted by Crippen LogP contribution is -2.24. The number of anilines is 1. The summed E-state index contributed by atoms with van der Waals surface area (Å²) < 4.78 is 26.3. The molecule has 2 aromatic rings. The highest BCUT2D eigenvalue weighted by atomic mass is 32.1. The molecule has 0 atom stereocenters. The molecule has 150 valence electrons. The Balaban J connectivity index is 1.57. The maximum absolute atomic E-state index is 13.3. The van der Waals surface area contributed by atoms with Gasteiger partial charge in [-0.25, -0.2) is 8.78 Å². The summed E-state index contributed by atoms with van der Waals surface area (Å²) in [4.78, 5) is 27.2. The quantitative estimate of drug-likeness (QED) is 0.738. The van der Waals surface area contributed by atoms with Crippen LogP contribution in [0.3, 0.4) is 0 Å². The van der Waals surface area contributed by atoms with Gasteiger partial charge in [-0.3, -0.25) is 9.59 Å². The van der Waals surface area contributed by atoms with Crippen molar-refractivity contribution in [1.82, 2.24) is 4.90 Å². The fourth-order valence-electron chi connectivity index (χ4n) is 3.42. The highest BCUT2D eigenvalue weighted by molar-refractivity contribution is 7.17. The minimum absolute atomic E-state index is 0.209. The van der Waals surface area contributed by atoms with Gasteiger partial charge >= 0.3 is 0 Å². The molecule has 2 amide bonds. The normalized spacial score (nSPS) is 13.4. The first-order valence-corrected chi connectivity index (χ1v) is 10.0. The van der Waals surface area contributed by atoms with Gasteiger partial charge in [0, 0.05) is 24.4 Å². The summed E-state index contributed by atoms with van der Waals surface area (Å²) in [5.41, 5.74) is 7.60. The Morgan fingerprint density at radius 2 is 1.96 bits per heavy atom. The zero-order valence-electron chi connectivity index (χ0n) is 15.7. The molecule has 1 aliphatic rings. The molecule has 8 heteroatoms. The van der Waals surface area contributed by atoms with Gasteiger partial charge in [-0.05, 0) is 56.0 Å². The van der Waals surface area contributed by atoms with Crippen molar-refractivity contribution in [2.24, 2.45) is 5.73 Å². The second-order valence-electron chi connectivity index (χ2n) is 7.06. The average Bonchev–Trinajstić information content (AvgIpc) is 3.01. The molecule has 0 radical (unpaired) electrons. The fraction of sp³-hybridized carbons (Fsp3) is 0.400. The molecular formula is C20H23F2N3O2S. The maximum atomic E-state index is 13.3. The van der Waals surface area contributed by atoms with E-state index in [2.05, 4.69) is 5.32 Å². The van der Waals surface area contributed by atoms with E-state index in [1.807, 2.05) is 4.90 Å². The Bertz CT molecular complexity index is 898. The molecule has 1 aromatic carbocycles. The Kier molecular flexibility index (Phi) is 6.41. The van der Waals surface area contributed by atoms with E-state index in [0.717, 1.165) is 48.3 Å². The third-order valence-corrected chi connectivity index (χ3v) is 6.03. The topological polar surface area (TPSA) is 75.4 Å². The number of primary amides is 1. The van der Waals surface area contributed by atoms with E-state index in [9.17, 15) is 18.4 Å². The number of rotatable bonds is 7. The molecule has 0 saturated heterocycles. The molecule has 3 rings (SSSR count). The number of nitrogens with one attached hydrogen (secondary N) is 1. The lowest BCUT2D eigenvalue weighted by molar-refractivity contribution is -0.116. The molecule has 0 fully saturated rings. The number of aryl methyl sites for hydroxylation is 1. The third kappa shape index (κ3) is 4.74. The van der Waals surface area contributed by atoms with E-state index in [1.165, 1.54) is 17.4 Å². The van der Waals surface area contributed by atoms with E-state index in [-0.39, 0.29) is 12.3 Å². The molecule has 0 saturated carbocycles.